The molecular weight excluding hydrogens is 454 g/mol. The van der Waals surface area contributed by atoms with Gasteiger partial charge in [-0.2, -0.15) is 5.26 Å². The van der Waals surface area contributed by atoms with Crippen LogP contribution in [0.3, 0.4) is 0 Å². The number of halogens is 1. The molecule has 0 spiro atoms. The molecule has 1 aliphatic carbocycles. The van der Waals surface area contributed by atoms with Crippen molar-refractivity contribution < 1.29 is 9.47 Å². The molecule has 2 aromatic carbocycles. The Kier molecular flexibility index (Phi) is 6.43. The summed E-state index contributed by atoms with van der Waals surface area (Å²) >= 11 is 3.62. The van der Waals surface area contributed by atoms with Gasteiger partial charge in [0.1, 0.15) is 23.4 Å². The first-order chi connectivity index (χ1) is 15.1. The Morgan fingerprint density at radius 2 is 1.48 bits per heavy atom. The molecule has 4 rings (SSSR count). The van der Waals surface area contributed by atoms with E-state index in [1.54, 1.807) is 14.2 Å². The summed E-state index contributed by atoms with van der Waals surface area (Å²) in [7, 11) is 3.32. The predicted octanol–water partition coefficient (Wildman–Crippen LogP) is 5.82. The van der Waals surface area contributed by atoms with Crippen molar-refractivity contribution >= 4 is 21.7 Å². The van der Waals surface area contributed by atoms with Gasteiger partial charge in [0.25, 0.3) is 0 Å². The smallest absolute Gasteiger partial charge is 0.147 e. The van der Waals surface area contributed by atoms with Gasteiger partial charge in [-0.3, -0.25) is 0 Å². The molecule has 31 heavy (non-hydrogen) atoms. The van der Waals surface area contributed by atoms with Gasteiger partial charge < -0.3 is 14.4 Å². The van der Waals surface area contributed by atoms with Crippen LogP contribution in [0.1, 0.15) is 41.1 Å². The highest BCUT2D eigenvalue weighted by Crippen LogP contribution is 2.43. The molecule has 0 unspecified atom stereocenters. The molecule has 5 nitrogen and oxygen atoms in total. The van der Waals surface area contributed by atoms with Gasteiger partial charge in [0, 0.05) is 23.5 Å². The second kappa shape index (κ2) is 9.40. The minimum Gasteiger partial charge on any atom is -0.497 e. The summed E-state index contributed by atoms with van der Waals surface area (Å²) < 4.78 is 11.5. The number of ether oxygens (including phenoxy) is 2. The lowest BCUT2D eigenvalue weighted by Gasteiger charge is -2.26. The molecule has 0 aliphatic heterocycles. The first-order valence-corrected chi connectivity index (χ1v) is 11.0. The first kappa shape index (κ1) is 21.2. The van der Waals surface area contributed by atoms with Crippen LogP contribution in [-0.4, -0.2) is 19.2 Å². The second-order valence-electron chi connectivity index (χ2n) is 7.66. The number of benzene rings is 2. The largest absolute Gasteiger partial charge is 0.497 e. The van der Waals surface area contributed by atoms with Gasteiger partial charge in [-0.1, -0.05) is 24.3 Å². The Balaban J connectivity index is 1.71. The molecule has 0 radical (unpaired) electrons. The predicted molar refractivity (Wildman–Crippen MR) is 125 cm³/mol. The summed E-state index contributed by atoms with van der Waals surface area (Å²) in [6, 6.07) is 20.3. The summed E-state index contributed by atoms with van der Waals surface area (Å²) in [4.78, 5) is 7.14. The van der Waals surface area contributed by atoms with Crippen molar-refractivity contribution in [2.75, 3.05) is 19.1 Å². The number of nitrogens with zero attached hydrogens (tertiary/aromatic N) is 3. The Bertz CT molecular complexity index is 1040. The zero-order chi connectivity index (χ0) is 21.8. The third-order valence-corrected chi connectivity index (χ3v) is 6.07. The average Bonchev–Trinajstić information content (AvgIpc) is 3.64. The Morgan fingerprint density at radius 3 is 1.90 bits per heavy atom. The van der Waals surface area contributed by atoms with Crippen molar-refractivity contribution in [3.63, 3.8) is 0 Å². The van der Waals surface area contributed by atoms with E-state index >= 15 is 0 Å². The van der Waals surface area contributed by atoms with E-state index in [0.717, 1.165) is 51.5 Å². The standard InChI is InChI=1S/C25H24BrN3O2/c1-30-21-9-3-17(4-10-21)15-29(16-18-5-11-22(31-2)12-6-18)25-20(14-27)13-23(26)24(28-25)19-7-8-19/h3-6,9-13,19H,7-8,15-16H2,1-2H3. The number of rotatable bonds is 8. The third kappa shape index (κ3) is 5.00. The van der Waals surface area contributed by atoms with Crippen LogP contribution >= 0.6 is 15.9 Å². The van der Waals surface area contributed by atoms with Crippen molar-refractivity contribution in [1.82, 2.24) is 4.98 Å². The first-order valence-electron chi connectivity index (χ1n) is 10.2. The van der Waals surface area contributed by atoms with Crippen LogP contribution < -0.4 is 14.4 Å². The SMILES string of the molecule is COc1ccc(CN(Cc2ccc(OC)cc2)c2nc(C3CC3)c(Br)cc2C#N)cc1. The number of hydrogen-bond donors (Lipinski definition) is 0. The molecule has 0 N–H and O–H groups in total. The van der Waals surface area contributed by atoms with Crippen LogP contribution in [0.5, 0.6) is 11.5 Å². The number of aromatic nitrogens is 1. The summed E-state index contributed by atoms with van der Waals surface area (Å²) in [6.07, 6.45) is 2.29. The molecule has 1 saturated carbocycles. The van der Waals surface area contributed by atoms with Crippen LogP contribution in [0.4, 0.5) is 5.82 Å². The third-order valence-electron chi connectivity index (χ3n) is 5.43. The highest BCUT2D eigenvalue weighted by molar-refractivity contribution is 9.10. The summed E-state index contributed by atoms with van der Waals surface area (Å²) in [6.45, 7) is 1.26. The van der Waals surface area contributed by atoms with E-state index < -0.39 is 0 Å². The fraction of sp³-hybridized carbons (Fsp3) is 0.280. The molecule has 1 aromatic heterocycles. The molecule has 158 valence electrons. The summed E-state index contributed by atoms with van der Waals surface area (Å²) in [5.74, 6) is 2.84. The molecule has 0 bridgehead atoms. The lowest BCUT2D eigenvalue weighted by Crippen LogP contribution is -2.24. The van der Waals surface area contributed by atoms with Crippen LogP contribution in [0, 0.1) is 11.3 Å². The van der Waals surface area contributed by atoms with Crippen molar-refractivity contribution in [2.45, 2.75) is 31.8 Å². The lowest BCUT2D eigenvalue weighted by atomic mass is 10.1. The topological polar surface area (TPSA) is 58.4 Å². The van der Waals surface area contributed by atoms with Gasteiger partial charge in [-0.15, -0.1) is 0 Å². The monoisotopic (exact) mass is 477 g/mol. The van der Waals surface area contributed by atoms with E-state index in [1.165, 1.54) is 0 Å². The normalized spacial score (nSPS) is 12.8. The van der Waals surface area contributed by atoms with Crippen LogP contribution in [0.2, 0.25) is 0 Å². The summed E-state index contributed by atoms with van der Waals surface area (Å²) in [5, 5.41) is 9.84. The average molecular weight is 478 g/mol. The molecule has 0 atom stereocenters. The van der Waals surface area contributed by atoms with Gasteiger partial charge in [0.2, 0.25) is 0 Å². The highest BCUT2D eigenvalue weighted by atomic mass is 79.9. The fourth-order valence-corrected chi connectivity index (χ4v) is 4.21. The fourth-order valence-electron chi connectivity index (χ4n) is 3.57. The van der Waals surface area contributed by atoms with E-state index in [9.17, 15) is 5.26 Å². The second-order valence-corrected chi connectivity index (χ2v) is 8.52. The van der Waals surface area contributed by atoms with Crippen LogP contribution in [-0.2, 0) is 13.1 Å². The highest BCUT2D eigenvalue weighted by Gasteiger charge is 2.29. The maximum atomic E-state index is 9.84. The van der Waals surface area contributed by atoms with Gasteiger partial charge >= 0.3 is 0 Å². The van der Waals surface area contributed by atoms with E-state index in [1.807, 2.05) is 54.6 Å². The van der Waals surface area contributed by atoms with E-state index in [2.05, 4.69) is 26.9 Å². The zero-order valence-corrected chi connectivity index (χ0v) is 19.2. The molecular formula is C25H24BrN3O2. The molecule has 3 aromatic rings. The van der Waals surface area contributed by atoms with E-state index in [4.69, 9.17) is 14.5 Å². The van der Waals surface area contributed by atoms with Crippen LogP contribution in [0.25, 0.3) is 0 Å². The van der Waals surface area contributed by atoms with Gasteiger partial charge in [-0.25, -0.2) is 4.98 Å². The summed E-state index contributed by atoms with van der Waals surface area (Å²) in [5.41, 5.74) is 3.86. The van der Waals surface area contributed by atoms with Gasteiger partial charge in [0.15, 0.2) is 0 Å². The van der Waals surface area contributed by atoms with Gasteiger partial charge in [-0.05, 0) is 70.2 Å². The molecule has 0 amide bonds. The molecule has 6 heteroatoms. The minimum atomic E-state index is 0.477. The number of methoxy groups -OCH3 is 2. The van der Waals surface area contributed by atoms with Crippen molar-refractivity contribution in [3.05, 3.63) is 81.5 Å². The van der Waals surface area contributed by atoms with Crippen molar-refractivity contribution in [1.29, 1.82) is 5.26 Å². The number of anilines is 1. The molecule has 0 saturated heterocycles. The quantitative estimate of drug-likeness (QED) is 0.409. The van der Waals surface area contributed by atoms with Crippen molar-refractivity contribution in [3.8, 4) is 17.6 Å². The van der Waals surface area contributed by atoms with Crippen LogP contribution in [0.15, 0.2) is 59.1 Å². The number of hydrogen-bond acceptors (Lipinski definition) is 5. The Hall–Kier alpha value is -3.04. The lowest BCUT2D eigenvalue weighted by molar-refractivity contribution is 0.414. The van der Waals surface area contributed by atoms with E-state index in [-0.39, 0.29) is 0 Å². The van der Waals surface area contributed by atoms with E-state index in [0.29, 0.717) is 24.6 Å². The minimum absolute atomic E-state index is 0.477. The maximum absolute atomic E-state index is 9.84. The van der Waals surface area contributed by atoms with Gasteiger partial charge in [0.05, 0.1) is 25.5 Å². The van der Waals surface area contributed by atoms with Crippen molar-refractivity contribution in [2.24, 2.45) is 0 Å². The Labute approximate surface area is 191 Å². The Morgan fingerprint density at radius 1 is 0.968 bits per heavy atom. The molecule has 1 aliphatic rings. The zero-order valence-electron chi connectivity index (χ0n) is 17.6. The molecule has 1 fully saturated rings. The number of nitriles is 1. The molecule has 1 heterocycles. The maximum Gasteiger partial charge on any atom is 0.147 e. The number of pyridine rings is 1.